The summed E-state index contributed by atoms with van der Waals surface area (Å²) in [5.74, 6) is -0.351. The highest BCUT2D eigenvalue weighted by molar-refractivity contribution is 14.1. The van der Waals surface area contributed by atoms with Crippen LogP contribution in [0.4, 0.5) is 21.5 Å². The van der Waals surface area contributed by atoms with Crippen molar-refractivity contribution in [3.8, 4) is 0 Å². The summed E-state index contributed by atoms with van der Waals surface area (Å²) >= 11 is 8.76. The molecule has 0 atom stereocenters. The van der Waals surface area contributed by atoms with E-state index in [0.717, 1.165) is 13.7 Å². The first-order valence-electron chi connectivity index (χ1n) is 4.94. The van der Waals surface area contributed by atoms with E-state index in [0.29, 0.717) is 15.8 Å². The van der Waals surface area contributed by atoms with Crippen molar-refractivity contribution < 1.29 is 4.39 Å². The van der Waals surface area contributed by atoms with E-state index in [9.17, 15) is 4.39 Å². The minimum absolute atomic E-state index is 0.351. The molecule has 0 heterocycles. The topological polar surface area (TPSA) is 38.0 Å². The van der Waals surface area contributed by atoms with Crippen LogP contribution in [0.3, 0.4) is 0 Å². The van der Waals surface area contributed by atoms with Gasteiger partial charge in [-0.25, -0.2) is 4.39 Å². The average Bonchev–Trinajstić information content (AvgIpc) is 2.31. The van der Waals surface area contributed by atoms with E-state index < -0.39 is 0 Å². The second-order valence-corrected chi connectivity index (χ2v) is 6.48. The molecule has 0 amide bonds. The highest BCUT2D eigenvalue weighted by Crippen LogP contribution is 2.30. The van der Waals surface area contributed by atoms with E-state index in [1.54, 1.807) is 6.07 Å². The molecule has 0 spiro atoms. The summed E-state index contributed by atoms with van der Waals surface area (Å²) in [6.45, 7) is 0. The molecule has 2 aromatic carbocycles. The number of nitrogen functional groups attached to an aromatic ring is 1. The van der Waals surface area contributed by atoms with Crippen LogP contribution < -0.4 is 11.1 Å². The van der Waals surface area contributed by atoms with Crippen molar-refractivity contribution in [2.75, 3.05) is 11.1 Å². The molecule has 0 aliphatic carbocycles. The third kappa shape index (κ3) is 3.16. The number of hydrogen-bond acceptors (Lipinski definition) is 2. The minimum Gasteiger partial charge on any atom is -0.397 e. The van der Waals surface area contributed by atoms with Gasteiger partial charge in [-0.2, -0.15) is 0 Å². The van der Waals surface area contributed by atoms with Gasteiger partial charge in [-0.3, -0.25) is 0 Å². The molecule has 2 rings (SSSR count). The van der Waals surface area contributed by atoms with Gasteiger partial charge in [0.15, 0.2) is 0 Å². The summed E-state index contributed by atoms with van der Waals surface area (Å²) in [6.07, 6.45) is 0. The summed E-state index contributed by atoms with van der Waals surface area (Å²) in [7, 11) is 0. The van der Waals surface area contributed by atoms with Crippen molar-refractivity contribution in [3.05, 3.63) is 48.7 Å². The fourth-order valence-electron chi connectivity index (χ4n) is 1.40. The molecule has 0 saturated carbocycles. The van der Waals surface area contributed by atoms with Gasteiger partial charge in [0.2, 0.25) is 0 Å². The number of benzene rings is 2. The maximum atomic E-state index is 13.5. The van der Waals surface area contributed by atoms with Crippen molar-refractivity contribution in [2.24, 2.45) is 0 Å². The number of nitrogens with one attached hydrogen (secondary N) is 1. The van der Waals surface area contributed by atoms with E-state index in [4.69, 9.17) is 5.73 Å². The van der Waals surface area contributed by atoms with Gasteiger partial charge in [0.25, 0.3) is 0 Å². The Morgan fingerprint density at radius 2 is 1.83 bits per heavy atom. The average molecular weight is 486 g/mol. The molecule has 18 heavy (non-hydrogen) atoms. The van der Waals surface area contributed by atoms with Gasteiger partial charge in [0.1, 0.15) is 5.82 Å². The number of hydrogen-bond donors (Lipinski definition) is 2. The summed E-state index contributed by atoms with van der Waals surface area (Å²) in [5.41, 5.74) is 7.71. The lowest BCUT2D eigenvalue weighted by atomic mass is 10.2. The first-order chi connectivity index (χ1) is 8.47. The van der Waals surface area contributed by atoms with E-state index >= 15 is 0 Å². The first kappa shape index (κ1) is 14.1. The van der Waals surface area contributed by atoms with Crippen LogP contribution in [0.15, 0.2) is 39.3 Å². The Hall–Kier alpha value is -0.340. The van der Waals surface area contributed by atoms with Crippen LogP contribution in [0.2, 0.25) is 0 Å². The molecule has 0 bridgehead atoms. The second-order valence-electron chi connectivity index (χ2n) is 3.61. The molecule has 0 fully saturated rings. The van der Waals surface area contributed by atoms with Crippen LogP contribution >= 0.6 is 54.5 Å². The van der Waals surface area contributed by atoms with Crippen molar-refractivity contribution in [1.29, 1.82) is 0 Å². The van der Waals surface area contributed by atoms with Gasteiger partial charge < -0.3 is 11.1 Å². The Bertz CT molecular complexity index is 605. The Balaban J connectivity index is 2.34. The van der Waals surface area contributed by atoms with Crippen LogP contribution in [0.5, 0.6) is 0 Å². The molecule has 0 saturated heterocycles. The predicted octanol–water partition coefficient (Wildman–Crippen LogP) is 5.28. The number of anilines is 3. The molecule has 0 radical (unpaired) electrons. The molecule has 3 N–H and O–H groups in total. The second kappa shape index (κ2) is 5.75. The fraction of sp³-hybridized carbons (Fsp3) is 0. The van der Waals surface area contributed by atoms with Gasteiger partial charge >= 0.3 is 0 Å². The molecule has 0 aliphatic heterocycles. The van der Waals surface area contributed by atoms with Crippen molar-refractivity contribution in [1.82, 2.24) is 0 Å². The molecule has 6 heteroatoms. The third-order valence-corrected chi connectivity index (χ3v) is 5.24. The normalized spacial score (nSPS) is 10.4. The molecule has 0 aromatic heterocycles. The summed E-state index contributed by atoms with van der Waals surface area (Å²) in [6, 6.07) is 8.69. The quantitative estimate of drug-likeness (QED) is 0.448. The number of rotatable bonds is 2. The zero-order chi connectivity index (χ0) is 13.3. The smallest absolute Gasteiger partial charge is 0.139 e. The molecule has 0 aliphatic rings. The Morgan fingerprint density at radius 3 is 2.50 bits per heavy atom. The van der Waals surface area contributed by atoms with E-state index in [1.165, 1.54) is 6.07 Å². The zero-order valence-electron chi connectivity index (χ0n) is 8.98. The molecule has 0 unspecified atom stereocenters. The first-order valence-corrected chi connectivity index (χ1v) is 7.60. The lowest BCUT2D eigenvalue weighted by Gasteiger charge is -2.11. The van der Waals surface area contributed by atoms with Gasteiger partial charge in [-0.15, -0.1) is 0 Å². The minimum atomic E-state index is -0.351. The zero-order valence-corrected chi connectivity index (χ0v) is 14.3. The van der Waals surface area contributed by atoms with Crippen molar-refractivity contribution >= 4 is 71.5 Å². The van der Waals surface area contributed by atoms with Gasteiger partial charge in [-0.05, 0) is 78.7 Å². The Morgan fingerprint density at radius 1 is 1.11 bits per heavy atom. The van der Waals surface area contributed by atoms with Crippen LogP contribution in [-0.4, -0.2) is 0 Å². The predicted molar refractivity (Wildman–Crippen MR) is 88.7 cm³/mol. The Kier molecular flexibility index (Phi) is 4.50. The molecule has 94 valence electrons. The highest BCUT2D eigenvalue weighted by atomic mass is 127. The van der Waals surface area contributed by atoms with Crippen molar-refractivity contribution in [2.45, 2.75) is 0 Å². The monoisotopic (exact) mass is 484 g/mol. The standard InChI is InChI=1S/C12H8Br2FIN2/c13-7-4-11(17)12(5-9(7)15)18-6-1-2-10(16)8(14)3-6/h1-5,18H,17H2. The van der Waals surface area contributed by atoms with Gasteiger partial charge in [-0.1, -0.05) is 0 Å². The summed E-state index contributed by atoms with van der Waals surface area (Å²) < 4.78 is 15.9. The largest absolute Gasteiger partial charge is 0.397 e. The van der Waals surface area contributed by atoms with Crippen LogP contribution in [0, 0.1) is 9.39 Å². The maximum Gasteiger partial charge on any atom is 0.139 e. The summed E-state index contributed by atoms with van der Waals surface area (Å²) in [4.78, 5) is 0. The van der Waals surface area contributed by atoms with Crippen LogP contribution in [0.1, 0.15) is 0 Å². The molecular formula is C12H8Br2FIN2. The SMILES string of the molecule is Nc1cc(Br)c(F)cc1Nc1ccc(I)c(Br)c1. The maximum absolute atomic E-state index is 13.5. The summed E-state index contributed by atoms with van der Waals surface area (Å²) in [5, 5.41) is 3.09. The van der Waals surface area contributed by atoms with E-state index in [2.05, 4.69) is 59.8 Å². The van der Waals surface area contributed by atoms with Gasteiger partial charge in [0.05, 0.1) is 15.8 Å². The van der Waals surface area contributed by atoms with E-state index in [-0.39, 0.29) is 5.82 Å². The van der Waals surface area contributed by atoms with Gasteiger partial charge in [0, 0.05) is 19.8 Å². The van der Waals surface area contributed by atoms with Crippen LogP contribution in [0.25, 0.3) is 0 Å². The molecular weight excluding hydrogens is 478 g/mol. The highest BCUT2D eigenvalue weighted by Gasteiger charge is 2.07. The lowest BCUT2D eigenvalue weighted by Crippen LogP contribution is -1.98. The molecule has 2 nitrogen and oxygen atoms in total. The number of nitrogens with two attached hydrogens (primary N) is 1. The Labute approximate surface area is 135 Å². The van der Waals surface area contributed by atoms with Crippen molar-refractivity contribution in [3.63, 3.8) is 0 Å². The lowest BCUT2D eigenvalue weighted by molar-refractivity contribution is 0.622. The van der Waals surface area contributed by atoms with Crippen LogP contribution in [-0.2, 0) is 0 Å². The number of halogens is 4. The third-order valence-electron chi connectivity index (χ3n) is 2.29. The van der Waals surface area contributed by atoms with E-state index in [1.807, 2.05) is 18.2 Å². The molecule has 2 aromatic rings. The fourth-order valence-corrected chi connectivity index (χ4v) is 2.48.